The average Bonchev–Trinajstić information content (AvgIpc) is 2.90. The molecule has 1 amide bonds. The summed E-state index contributed by atoms with van der Waals surface area (Å²) in [7, 11) is 0. The molecule has 0 aliphatic carbocycles. The number of nitrogens with one attached hydrogen (secondary N) is 1. The number of ether oxygens (including phenoxy) is 2. The summed E-state index contributed by atoms with van der Waals surface area (Å²) in [6.45, 7) is 4.33. The van der Waals surface area contributed by atoms with Crippen LogP contribution in [0.2, 0.25) is 10.0 Å². The van der Waals surface area contributed by atoms with Crippen molar-refractivity contribution in [3.8, 4) is 5.75 Å². The van der Waals surface area contributed by atoms with Gasteiger partial charge in [-0.15, -0.1) is 0 Å². The van der Waals surface area contributed by atoms with E-state index in [-0.39, 0.29) is 24.3 Å². The molecule has 13 heteroatoms. The maximum absolute atomic E-state index is 13.6. The summed E-state index contributed by atoms with van der Waals surface area (Å²) in [5.74, 6) is 6.17. The van der Waals surface area contributed by atoms with Gasteiger partial charge in [-0.2, -0.15) is 4.68 Å². The van der Waals surface area contributed by atoms with Crippen molar-refractivity contribution in [2.75, 3.05) is 19.1 Å². The van der Waals surface area contributed by atoms with E-state index < -0.39 is 23.8 Å². The molecule has 0 spiro atoms. The van der Waals surface area contributed by atoms with E-state index in [1.807, 2.05) is 13.8 Å². The van der Waals surface area contributed by atoms with Crippen molar-refractivity contribution < 1.29 is 14.3 Å². The first-order valence-corrected chi connectivity index (χ1v) is 13.2. The lowest BCUT2D eigenvalue weighted by Crippen LogP contribution is -2.58. The van der Waals surface area contributed by atoms with Gasteiger partial charge in [-0.1, -0.05) is 35.3 Å². The third-order valence-corrected chi connectivity index (χ3v) is 6.55. The smallest absolute Gasteiger partial charge is 0.354 e. The van der Waals surface area contributed by atoms with Gasteiger partial charge in [0.25, 0.3) is 0 Å². The Balaban J connectivity index is 1.78. The molecule has 2 heterocycles. The van der Waals surface area contributed by atoms with Crippen LogP contribution in [0, 0.1) is 0 Å². The van der Waals surface area contributed by atoms with E-state index in [4.69, 9.17) is 38.5 Å². The van der Waals surface area contributed by atoms with Crippen LogP contribution in [-0.2, 0) is 22.6 Å². The Morgan fingerprint density at radius 3 is 2.44 bits per heavy atom. The van der Waals surface area contributed by atoms with E-state index in [9.17, 15) is 14.4 Å². The van der Waals surface area contributed by atoms with E-state index in [0.29, 0.717) is 53.1 Å². The number of nitrogens with two attached hydrogens (primary N) is 1. The van der Waals surface area contributed by atoms with Gasteiger partial charge >= 0.3 is 11.4 Å². The van der Waals surface area contributed by atoms with Gasteiger partial charge in [0.2, 0.25) is 11.5 Å². The minimum atomic E-state index is -0.890. The van der Waals surface area contributed by atoms with Crippen molar-refractivity contribution in [1.82, 2.24) is 19.1 Å². The number of nitrogen functional groups attached to an aromatic ring is 1. The summed E-state index contributed by atoms with van der Waals surface area (Å²) >= 11 is 12.4. The highest BCUT2D eigenvalue weighted by Gasteiger charge is 2.20. The number of hydrogen-bond acceptors (Lipinski definition) is 7. The first-order valence-electron chi connectivity index (χ1n) is 12.5. The molecule has 0 unspecified atom stereocenters. The molecule has 4 rings (SSSR count). The fourth-order valence-corrected chi connectivity index (χ4v) is 4.45. The molecule has 3 N–H and O–H groups in total. The van der Waals surface area contributed by atoms with Crippen molar-refractivity contribution in [2.45, 2.75) is 51.9 Å². The number of carbonyl (C=O) groups is 1. The lowest BCUT2D eigenvalue weighted by atomic mass is 10.1. The van der Waals surface area contributed by atoms with Gasteiger partial charge in [0, 0.05) is 24.3 Å². The zero-order valence-corrected chi connectivity index (χ0v) is 23.1. The number of halogens is 2. The van der Waals surface area contributed by atoms with Crippen LogP contribution < -0.4 is 32.9 Å². The first-order chi connectivity index (χ1) is 18.6. The lowest BCUT2D eigenvalue weighted by molar-refractivity contribution is -0.123. The molecule has 1 fully saturated rings. The number of hydrogen-bond donors (Lipinski definition) is 2. The lowest BCUT2D eigenvalue weighted by Gasteiger charge is -2.23. The second-order valence-corrected chi connectivity index (χ2v) is 10.2. The Hall–Kier alpha value is -3.54. The SMILES string of the molecule is CC(C)Oc1ccc(/N=c2\n(N)c(=O)n(CC(=O)NC3CCOCC3)c(=O)n2Cc2ccc(Cl)cc2)cc1Cl. The molecule has 1 aliphatic rings. The van der Waals surface area contributed by atoms with Crippen LogP contribution in [-0.4, -0.2) is 45.1 Å². The molecule has 1 aromatic heterocycles. The third kappa shape index (κ3) is 7.11. The minimum Gasteiger partial charge on any atom is -0.489 e. The molecule has 11 nitrogen and oxygen atoms in total. The summed E-state index contributed by atoms with van der Waals surface area (Å²) in [6.07, 6.45) is 1.22. The number of benzene rings is 2. The standard InChI is InChI=1S/C26H30Cl2N6O5/c1-16(2)39-22-8-7-20(13-21(22)28)31-24-32(14-17-3-5-18(27)6-4-17)25(36)33(26(37)34(24)29)15-23(35)30-19-9-11-38-12-10-19/h3-8,13,16,19H,9-12,14-15,29H2,1-2H3,(H,30,35)/b31-24-. The summed E-state index contributed by atoms with van der Waals surface area (Å²) in [6, 6.07) is 11.6. The van der Waals surface area contributed by atoms with Gasteiger partial charge in [0.15, 0.2) is 0 Å². The van der Waals surface area contributed by atoms with Crippen molar-refractivity contribution >= 4 is 34.8 Å². The normalized spacial score (nSPS) is 14.5. The minimum absolute atomic E-state index is 0.0101. The zero-order valence-electron chi connectivity index (χ0n) is 21.6. The van der Waals surface area contributed by atoms with Gasteiger partial charge < -0.3 is 20.6 Å². The zero-order chi connectivity index (χ0) is 28.1. The van der Waals surface area contributed by atoms with Crippen LogP contribution in [0.3, 0.4) is 0 Å². The number of carbonyl (C=O) groups excluding carboxylic acids is 1. The van der Waals surface area contributed by atoms with Crippen LogP contribution in [0.1, 0.15) is 32.3 Å². The van der Waals surface area contributed by atoms with Gasteiger partial charge in [0.05, 0.1) is 23.4 Å². The predicted molar refractivity (Wildman–Crippen MR) is 148 cm³/mol. The highest BCUT2D eigenvalue weighted by Crippen LogP contribution is 2.29. The number of aromatic nitrogens is 3. The maximum atomic E-state index is 13.6. The second kappa shape index (κ2) is 12.5. The molecular weight excluding hydrogens is 547 g/mol. The summed E-state index contributed by atoms with van der Waals surface area (Å²) in [5.41, 5.74) is -0.723. The van der Waals surface area contributed by atoms with Crippen LogP contribution >= 0.6 is 23.2 Å². The van der Waals surface area contributed by atoms with E-state index in [1.54, 1.807) is 42.5 Å². The fraction of sp³-hybridized carbons (Fsp3) is 0.385. The Bertz CT molecular complexity index is 1520. The monoisotopic (exact) mass is 576 g/mol. The molecule has 208 valence electrons. The summed E-state index contributed by atoms with van der Waals surface area (Å²) in [5, 5.41) is 3.68. The molecule has 2 aromatic carbocycles. The van der Waals surface area contributed by atoms with Crippen molar-refractivity contribution in [3.05, 3.63) is 84.7 Å². The molecule has 1 aliphatic heterocycles. The molecule has 3 aromatic rings. The molecule has 1 saturated heterocycles. The van der Waals surface area contributed by atoms with Crippen molar-refractivity contribution in [1.29, 1.82) is 0 Å². The number of nitrogens with zero attached hydrogens (tertiary/aromatic N) is 4. The van der Waals surface area contributed by atoms with E-state index in [1.165, 1.54) is 4.57 Å². The number of rotatable bonds is 8. The van der Waals surface area contributed by atoms with Crippen LogP contribution in [0.25, 0.3) is 0 Å². The Labute approximate surface area is 234 Å². The Morgan fingerprint density at radius 2 is 1.79 bits per heavy atom. The number of amides is 1. The average molecular weight is 577 g/mol. The predicted octanol–water partition coefficient (Wildman–Crippen LogP) is 2.20. The molecule has 0 saturated carbocycles. The highest BCUT2D eigenvalue weighted by atomic mass is 35.5. The van der Waals surface area contributed by atoms with Crippen LogP contribution in [0.15, 0.2) is 57.0 Å². The Morgan fingerprint density at radius 1 is 1.10 bits per heavy atom. The van der Waals surface area contributed by atoms with Crippen molar-refractivity contribution in [3.63, 3.8) is 0 Å². The molecule has 0 radical (unpaired) electrons. The molecule has 39 heavy (non-hydrogen) atoms. The van der Waals surface area contributed by atoms with Gasteiger partial charge in [-0.3, -0.25) is 9.36 Å². The van der Waals surface area contributed by atoms with Gasteiger partial charge in [-0.05, 0) is 62.6 Å². The maximum Gasteiger partial charge on any atom is 0.354 e. The fourth-order valence-electron chi connectivity index (χ4n) is 4.10. The van der Waals surface area contributed by atoms with Crippen molar-refractivity contribution in [2.24, 2.45) is 4.99 Å². The second-order valence-electron chi connectivity index (χ2n) is 9.38. The highest BCUT2D eigenvalue weighted by molar-refractivity contribution is 6.32. The first kappa shape index (κ1) is 28.5. The topological polar surface area (TPSA) is 135 Å². The summed E-state index contributed by atoms with van der Waals surface area (Å²) in [4.78, 5) is 44.0. The third-order valence-electron chi connectivity index (χ3n) is 6.00. The van der Waals surface area contributed by atoms with Gasteiger partial charge in [0.1, 0.15) is 12.3 Å². The van der Waals surface area contributed by atoms with E-state index in [0.717, 1.165) is 9.24 Å². The molecular formula is C26H30Cl2N6O5. The van der Waals surface area contributed by atoms with Gasteiger partial charge in [-0.25, -0.2) is 19.1 Å². The van der Waals surface area contributed by atoms with E-state index >= 15 is 0 Å². The van der Waals surface area contributed by atoms with Crippen LogP contribution in [0.5, 0.6) is 5.75 Å². The quantitative estimate of drug-likeness (QED) is 0.395. The van der Waals surface area contributed by atoms with E-state index in [2.05, 4.69) is 10.3 Å². The molecule has 0 atom stereocenters. The summed E-state index contributed by atoms with van der Waals surface area (Å²) < 4.78 is 13.7. The Kier molecular flexibility index (Phi) is 9.16. The molecule has 0 bridgehead atoms. The largest absolute Gasteiger partial charge is 0.489 e. The van der Waals surface area contributed by atoms with Crippen LogP contribution in [0.4, 0.5) is 5.69 Å².